The van der Waals surface area contributed by atoms with Crippen LogP contribution >= 0.6 is 27.5 Å². The summed E-state index contributed by atoms with van der Waals surface area (Å²) in [6.45, 7) is 0. The fourth-order valence-corrected chi connectivity index (χ4v) is 3.66. The third-order valence-electron chi connectivity index (χ3n) is 2.46. The molecule has 0 atom stereocenters. The van der Waals surface area contributed by atoms with Crippen LogP contribution in [0.4, 0.5) is 5.69 Å². The van der Waals surface area contributed by atoms with Gasteiger partial charge in [0.15, 0.2) is 5.03 Å². The van der Waals surface area contributed by atoms with Gasteiger partial charge in [-0.05, 0) is 17.7 Å². The Morgan fingerprint density at radius 2 is 2.00 bits per heavy atom. The number of aryl methyl sites for hydroxylation is 1. The lowest BCUT2D eigenvalue weighted by Crippen LogP contribution is -2.17. The minimum absolute atomic E-state index is 0.0567. The van der Waals surface area contributed by atoms with Crippen LogP contribution in [0.25, 0.3) is 0 Å². The lowest BCUT2D eigenvalue weighted by Gasteiger charge is -2.09. The molecule has 0 saturated carbocycles. The molecule has 0 aliphatic carbocycles. The maximum Gasteiger partial charge on any atom is 0.280 e. The highest BCUT2D eigenvalue weighted by Crippen LogP contribution is 2.23. The Bertz CT molecular complexity index is 663. The van der Waals surface area contributed by atoms with Crippen molar-refractivity contribution in [2.24, 2.45) is 7.05 Å². The van der Waals surface area contributed by atoms with Gasteiger partial charge >= 0.3 is 0 Å². The molecule has 1 aromatic heterocycles. The molecule has 0 fully saturated rings. The van der Waals surface area contributed by atoms with Crippen LogP contribution in [0.3, 0.4) is 0 Å². The van der Waals surface area contributed by atoms with Gasteiger partial charge in [0.25, 0.3) is 10.0 Å². The summed E-state index contributed by atoms with van der Waals surface area (Å²) in [6.07, 6.45) is 1.30. The standard InChI is InChI=1S/C11H11BrClN3O2S/c1-16-11(10(13)7-14-16)19(17,18)15-9-4-2-8(6-12)3-5-9/h2-5,7,15H,6H2,1H3. The summed E-state index contributed by atoms with van der Waals surface area (Å²) in [6, 6.07) is 7.05. The Kier molecular flexibility index (Phi) is 4.17. The van der Waals surface area contributed by atoms with Gasteiger partial charge < -0.3 is 0 Å². The number of halogens is 2. The molecular formula is C11H11BrClN3O2S. The second-order valence-corrected chi connectivity index (χ2v) is 6.42. The second-order valence-electron chi connectivity index (χ2n) is 3.86. The topological polar surface area (TPSA) is 64.0 Å². The molecule has 0 aliphatic heterocycles. The number of aromatic nitrogens is 2. The van der Waals surface area contributed by atoms with Gasteiger partial charge in [0.1, 0.15) is 0 Å². The fraction of sp³-hybridized carbons (Fsp3) is 0.182. The summed E-state index contributed by atoms with van der Waals surface area (Å²) in [7, 11) is -2.22. The van der Waals surface area contributed by atoms with Crippen molar-refractivity contribution in [3.05, 3.63) is 41.0 Å². The van der Waals surface area contributed by atoms with Crippen LogP contribution in [0.2, 0.25) is 5.02 Å². The first-order valence-electron chi connectivity index (χ1n) is 5.29. The molecule has 1 aromatic carbocycles. The summed E-state index contributed by atoms with van der Waals surface area (Å²) >= 11 is 9.16. The summed E-state index contributed by atoms with van der Waals surface area (Å²) < 4.78 is 28.1. The zero-order chi connectivity index (χ0) is 14.0. The SMILES string of the molecule is Cn1ncc(Cl)c1S(=O)(=O)Nc1ccc(CBr)cc1. The zero-order valence-corrected chi connectivity index (χ0v) is 13.1. The van der Waals surface area contributed by atoms with Crippen LogP contribution in [0.5, 0.6) is 0 Å². The van der Waals surface area contributed by atoms with E-state index in [1.54, 1.807) is 12.1 Å². The van der Waals surface area contributed by atoms with Gasteiger partial charge in [0.2, 0.25) is 0 Å². The predicted molar refractivity (Wildman–Crippen MR) is 78.1 cm³/mol. The highest BCUT2D eigenvalue weighted by Gasteiger charge is 2.22. The molecule has 0 aliphatic rings. The third kappa shape index (κ3) is 3.10. The maximum atomic E-state index is 12.2. The van der Waals surface area contributed by atoms with E-state index in [1.807, 2.05) is 12.1 Å². The van der Waals surface area contributed by atoms with Crippen LogP contribution in [0.1, 0.15) is 5.56 Å². The number of alkyl halides is 1. The molecule has 0 unspecified atom stereocenters. The van der Waals surface area contributed by atoms with Crippen molar-refractivity contribution in [3.63, 3.8) is 0 Å². The first kappa shape index (κ1) is 14.4. The quantitative estimate of drug-likeness (QED) is 0.849. The van der Waals surface area contributed by atoms with E-state index < -0.39 is 10.0 Å². The number of hydrogen-bond acceptors (Lipinski definition) is 3. The number of sulfonamides is 1. The van der Waals surface area contributed by atoms with E-state index in [-0.39, 0.29) is 10.0 Å². The molecule has 8 heteroatoms. The minimum atomic E-state index is -3.74. The lowest BCUT2D eigenvalue weighted by molar-refractivity contribution is 0.582. The molecule has 2 rings (SSSR count). The normalized spacial score (nSPS) is 11.5. The molecule has 1 N–H and O–H groups in total. The van der Waals surface area contributed by atoms with E-state index in [0.29, 0.717) is 11.0 Å². The van der Waals surface area contributed by atoms with Crippen LogP contribution in [-0.4, -0.2) is 18.2 Å². The van der Waals surface area contributed by atoms with E-state index in [1.165, 1.54) is 17.9 Å². The molecule has 2 aromatic rings. The van der Waals surface area contributed by atoms with Gasteiger partial charge in [-0.15, -0.1) is 0 Å². The predicted octanol–water partition coefficient (Wildman–Crippen LogP) is 2.77. The molecule has 1 heterocycles. The lowest BCUT2D eigenvalue weighted by atomic mass is 10.2. The number of rotatable bonds is 4. The molecule has 0 radical (unpaired) electrons. The van der Waals surface area contributed by atoms with Gasteiger partial charge in [0.05, 0.1) is 11.2 Å². The highest BCUT2D eigenvalue weighted by molar-refractivity contribution is 9.08. The highest BCUT2D eigenvalue weighted by atomic mass is 79.9. The van der Waals surface area contributed by atoms with Gasteiger partial charge in [0, 0.05) is 18.1 Å². The Morgan fingerprint density at radius 1 is 1.37 bits per heavy atom. The van der Waals surface area contributed by atoms with Crippen LogP contribution in [0, 0.1) is 0 Å². The van der Waals surface area contributed by atoms with E-state index in [9.17, 15) is 8.42 Å². The van der Waals surface area contributed by atoms with Gasteiger partial charge in [-0.3, -0.25) is 9.40 Å². The van der Waals surface area contributed by atoms with E-state index >= 15 is 0 Å². The molecule has 0 saturated heterocycles. The van der Waals surface area contributed by atoms with Gasteiger partial charge in [-0.1, -0.05) is 39.7 Å². The van der Waals surface area contributed by atoms with E-state index in [0.717, 1.165) is 5.56 Å². The fourth-order valence-electron chi connectivity index (χ4n) is 1.57. The Hall–Kier alpha value is -1.05. The largest absolute Gasteiger partial charge is 0.280 e. The van der Waals surface area contributed by atoms with E-state index in [2.05, 4.69) is 25.8 Å². The smallest absolute Gasteiger partial charge is 0.278 e. The summed E-state index contributed by atoms with van der Waals surface area (Å²) in [4.78, 5) is 0. The number of hydrogen-bond donors (Lipinski definition) is 1. The zero-order valence-electron chi connectivity index (χ0n) is 9.97. The molecule has 5 nitrogen and oxygen atoms in total. The van der Waals surface area contributed by atoms with Crippen molar-refractivity contribution in [1.29, 1.82) is 0 Å². The first-order chi connectivity index (χ1) is 8.94. The second kappa shape index (κ2) is 5.52. The van der Waals surface area contributed by atoms with Crippen molar-refractivity contribution < 1.29 is 8.42 Å². The monoisotopic (exact) mass is 363 g/mol. The Labute approximate surface area is 124 Å². The van der Waals surface area contributed by atoms with Gasteiger partial charge in [-0.25, -0.2) is 0 Å². The average Bonchev–Trinajstić information content (AvgIpc) is 2.70. The molecule has 0 bridgehead atoms. The minimum Gasteiger partial charge on any atom is -0.278 e. The van der Waals surface area contributed by atoms with Crippen molar-refractivity contribution >= 4 is 43.2 Å². The summed E-state index contributed by atoms with van der Waals surface area (Å²) in [5.74, 6) is 0. The third-order valence-corrected chi connectivity index (χ3v) is 4.99. The molecule has 19 heavy (non-hydrogen) atoms. The van der Waals surface area contributed by atoms with Crippen LogP contribution < -0.4 is 4.72 Å². The Balaban J connectivity index is 2.31. The van der Waals surface area contributed by atoms with Crippen LogP contribution in [0.15, 0.2) is 35.5 Å². The van der Waals surface area contributed by atoms with Crippen molar-refractivity contribution in [2.45, 2.75) is 10.4 Å². The summed E-state index contributed by atoms with van der Waals surface area (Å²) in [5.41, 5.74) is 1.53. The number of nitrogens with zero attached hydrogens (tertiary/aromatic N) is 2. The van der Waals surface area contributed by atoms with Crippen molar-refractivity contribution in [3.8, 4) is 0 Å². The van der Waals surface area contributed by atoms with Crippen molar-refractivity contribution in [2.75, 3.05) is 4.72 Å². The number of anilines is 1. The molecule has 0 spiro atoms. The van der Waals surface area contributed by atoms with Crippen LogP contribution in [-0.2, 0) is 22.4 Å². The first-order valence-corrected chi connectivity index (χ1v) is 8.27. The molecular weight excluding hydrogens is 354 g/mol. The number of benzene rings is 1. The Morgan fingerprint density at radius 3 is 2.47 bits per heavy atom. The molecule has 102 valence electrons. The van der Waals surface area contributed by atoms with E-state index in [4.69, 9.17) is 11.6 Å². The molecule has 0 amide bonds. The summed E-state index contributed by atoms with van der Waals surface area (Å²) in [5, 5.41) is 4.56. The number of nitrogens with one attached hydrogen (secondary N) is 1. The maximum absolute atomic E-state index is 12.2. The average molecular weight is 365 g/mol. The van der Waals surface area contributed by atoms with Gasteiger partial charge in [-0.2, -0.15) is 13.5 Å². The van der Waals surface area contributed by atoms with Crippen molar-refractivity contribution in [1.82, 2.24) is 9.78 Å².